The molecule has 0 radical (unpaired) electrons. The molecule has 0 unspecified atom stereocenters. The smallest absolute Gasteiger partial charge is 0.295 e. The first-order chi connectivity index (χ1) is 10.6. The molecule has 0 saturated carbocycles. The summed E-state index contributed by atoms with van der Waals surface area (Å²) in [7, 11) is 0. The van der Waals surface area contributed by atoms with Crippen molar-refractivity contribution in [2.75, 3.05) is 5.32 Å². The van der Waals surface area contributed by atoms with Crippen LogP contribution in [0.1, 0.15) is 0 Å². The van der Waals surface area contributed by atoms with E-state index in [4.69, 9.17) is 23.2 Å². The number of rotatable bonds is 3. The summed E-state index contributed by atoms with van der Waals surface area (Å²) in [6.07, 6.45) is 1.53. The molecular weight excluding hydrogens is 325 g/mol. The van der Waals surface area contributed by atoms with Crippen LogP contribution in [0.5, 0.6) is 0 Å². The van der Waals surface area contributed by atoms with Gasteiger partial charge in [-0.3, -0.25) is 10.1 Å². The van der Waals surface area contributed by atoms with Crippen LogP contribution in [0, 0.1) is 10.1 Å². The molecule has 1 N–H and O–H groups in total. The van der Waals surface area contributed by atoms with Crippen LogP contribution in [0.25, 0.3) is 10.9 Å². The zero-order valence-electron chi connectivity index (χ0n) is 11.1. The Kier molecular flexibility index (Phi) is 3.83. The summed E-state index contributed by atoms with van der Waals surface area (Å²) in [5, 5.41) is 15.8. The molecule has 0 saturated heterocycles. The molecule has 0 amide bonds. The Morgan fingerprint density at radius 3 is 2.64 bits per heavy atom. The fraction of sp³-hybridized carbons (Fsp3) is 0. The molecule has 7 heteroatoms. The molecule has 3 rings (SSSR count). The topological polar surface area (TPSA) is 68.1 Å². The van der Waals surface area contributed by atoms with E-state index in [1.54, 1.807) is 36.4 Å². The average Bonchev–Trinajstić information content (AvgIpc) is 2.51. The summed E-state index contributed by atoms with van der Waals surface area (Å²) in [6.45, 7) is 0. The molecule has 3 aromatic rings. The zero-order valence-corrected chi connectivity index (χ0v) is 12.6. The fourth-order valence-electron chi connectivity index (χ4n) is 2.14. The Morgan fingerprint density at radius 2 is 1.91 bits per heavy atom. The summed E-state index contributed by atoms with van der Waals surface area (Å²) >= 11 is 11.9. The van der Waals surface area contributed by atoms with Gasteiger partial charge >= 0.3 is 0 Å². The van der Waals surface area contributed by atoms with Crippen LogP contribution in [-0.2, 0) is 0 Å². The first-order valence-corrected chi connectivity index (χ1v) is 7.06. The standard InChI is InChI=1S/C15H9Cl2N3O2/c16-11-4-3-9(8-12(11)17)19-13-5-6-14(20(21)22)15-10(13)2-1-7-18-15/h1-8,19H. The van der Waals surface area contributed by atoms with Gasteiger partial charge < -0.3 is 5.32 Å². The number of pyridine rings is 1. The maximum atomic E-state index is 11.1. The number of fused-ring (bicyclic) bond motifs is 1. The first-order valence-electron chi connectivity index (χ1n) is 6.30. The van der Waals surface area contributed by atoms with Crippen LogP contribution in [0.3, 0.4) is 0 Å². The van der Waals surface area contributed by atoms with E-state index in [0.29, 0.717) is 26.6 Å². The van der Waals surface area contributed by atoms with E-state index in [0.717, 1.165) is 5.69 Å². The number of nitrogens with one attached hydrogen (secondary N) is 1. The SMILES string of the molecule is O=[N+]([O-])c1ccc(Nc2ccc(Cl)c(Cl)c2)c2cccnc12. The third kappa shape index (κ3) is 2.68. The summed E-state index contributed by atoms with van der Waals surface area (Å²) in [4.78, 5) is 14.7. The Morgan fingerprint density at radius 1 is 1.09 bits per heavy atom. The van der Waals surface area contributed by atoms with Crippen molar-refractivity contribution in [2.24, 2.45) is 0 Å². The second-order valence-electron chi connectivity index (χ2n) is 4.54. The highest BCUT2D eigenvalue weighted by Crippen LogP contribution is 2.33. The maximum absolute atomic E-state index is 11.1. The highest BCUT2D eigenvalue weighted by Gasteiger charge is 2.15. The minimum absolute atomic E-state index is 0.0321. The number of nitro benzene ring substituents is 1. The monoisotopic (exact) mass is 333 g/mol. The van der Waals surface area contributed by atoms with Gasteiger partial charge in [-0.1, -0.05) is 23.2 Å². The van der Waals surface area contributed by atoms with Crippen molar-refractivity contribution >= 4 is 51.2 Å². The van der Waals surface area contributed by atoms with Gasteiger partial charge in [-0.25, -0.2) is 4.98 Å². The number of anilines is 2. The quantitative estimate of drug-likeness (QED) is 0.528. The number of nitro groups is 1. The number of nitrogens with zero attached hydrogens (tertiary/aromatic N) is 2. The summed E-state index contributed by atoms with van der Waals surface area (Å²) in [6, 6.07) is 11.7. The van der Waals surface area contributed by atoms with Crippen molar-refractivity contribution in [1.29, 1.82) is 0 Å². The van der Waals surface area contributed by atoms with Crippen molar-refractivity contribution < 1.29 is 4.92 Å². The molecule has 0 aliphatic rings. The van der Waals surface area contributed by atoms with Crippen LogP contribution < -0.4 is 5.32 Å². The molecular formula is C15H9Cl2N3O2. The van der Waals surface area contributed by atoms with E-state index in [1.807, 2.05) is 0 Å². The van der Waals surface area contributed by atoms with Gasteiger partial charge in [0, 0.05) is 29.0 Å². The van der Waals surface area contributed by atoms with Crippen LogP contribution >= 0.6 is 23.2 Å². The van der Waals surface area contributed by atoms with Gasteiger partial charge in [0.2, 0.25) is 0 Å². The molecule has 22 heavy (non-hydrogen) atoms. The van der Waals surface area contributed by atoms with Gasteiger partial charge in [-0.05, 0) is 36.4 Å². The first kappa shape index (κ1) is 14.6. The van der Waals surface area contributed by atoms with Crippen molar-refractivity contribution in [1.82, 2.24) is 4.98 Å². The molecule has 5 nitrogen and oxygen atoms in total. The van der Waals surface area contributed by atoms with E-state index < -0.39 is 4.92 Å². The normalized spacial score (nSPS) is 10.6. The Hall–Kier alpha value is -2.37. The molecule has 0 spiro atoms. The lowest BCUT2D eigenvalue weighted by atomic mass is 10.1. The third-order valence-corrected chi connectivity index (χ3v) is 3.88. The maximum Gasteiger partial charge on any atom is 0.295 e. The molecule has 0 aliphatic heterocycles. The second-order valence-corrected chi connectivity index (χ2v) is 5.36. The van der Waals surface area contributed by atoms with Crippen LogP contribution in [0.2, 0.25) is 10.0 Å². The molecule has 0 bridgehead atoms. The number of aromatic nitrogens is 1. The van der Waals surface area contributed by atoms with Gasteiger partial charge in [0.1, 0.15) is 5.52 Å². The number of benzene rings is 2. The van der Waals surface area contributed by atoms with E-state index >= 15 is 0 Å². The minimum Gasteiger partial charge on any atom is -0.355 e. The van der Waals surface area contributed by atoms with Crippen molar-refractivity contribution in [3.8, 4) is 0 Å². The van der Waals surface area contributed by atoms with Crippen molar-refractivity contribution in [2.45, 2.75) is 0 Å². The molecule has 0 fully saturated rings. The number of non-ortho nitro benzene ring substituents is 1. The minimum atomic E-state index is -0.446. The van der Waals surface area contributed by atoms with E-state index in [-0.39, 0.29) is 5.69 Å². The molecule has 2 aromatic carbocycles. The Bertz CT molecular complexity index is 884. The van der Waals surface area contributed by atoms with Crippen LogP contribution in [0.15, 0.2) is 48.7 Å². The predicted octanol–water partition coefficient (Wildman–Crippen LogP) is 5.19. The van der Waals surface area contributed by atoms with E-state index in [9.17, 15) is 10.1 Å². The summed E-state index contributed by atoms with van der Waals surface area (Å²) in [5.41, 5.74) is 1.73. The average molecular weight is 334 g/mol. The van der Waals surface area contributed by atoms with Crippen LogP contribution in [0.4, 0.5) is 17.1 Å². The molecule has 0 atom stereocenters. The Labute approximate surface area is 135 Å². The van der Waals surface area contributed by atoms with Gasteiger partial charge in [0.15, 0.2) is 0 Å². The largest absolute Gasteiger partial charge is 0.355 e. The van der Waals surface area contributed by atoms with Crippen molar-refractivity contribution in [3.63, 3.8) is 0 Å². The third-order valence-electron chi connectivity index (χ3n) is 3.14. The number of hydrogen-bond acceptors (Lipinski definition) is 4. The molecule has 0 aliphatic carbocycles. The second kappa shape index (κ2) is 5.79. The number of hydrogen-bond donors (Lipinski definition) is 1. The zero-order chi connectivity index (χ0) is 15.7. The predicted molar refractivity (Wildman–Crippen MR) is 88.1 cm³/mol. The van der Waals surface area contributed by atoms with Crippen LogP contribution in [-0.4, -0.2) is 9.91 Å². The lowest BCUT2D eigenvalue weighted by molar-refractivity contribution is -0.383. The molecule has 1 aromatic heterocycles. The summed E-state index contributed by atoms with van der Waals surface area (Å²) in [5.74, 6) is 0. The highest BCUT2D eigenvalue weighted by molar-refractivity contribution is 6.42. The molecule has 1 heterocycles. The fourth-order valence-corrected chi connectivity index (χ4v) is 2.44. The lowest BCUT2D eigenvalue weighted by Gasteiger charge is -2.10. The number of halogens is 2. The summed E-state index contributed by atoms with van der Waals surface area (Å²) < 4.78 is 0. The van der Waals surface area contributed by atoms with Gasteiger partial charge in [-0.2, -0.15) is 0 Å². The lowest BCUT2D eigenvalue weighted by Crippen LogP contribution is -1.96. The van der Waals surface area contributed by atoms with Gasteiger partial charge in [0.05, 0.1) is 15.0 Å². The highest BCUT2D eigenvalue weighted by atomic mass is 35.5. The Balaban J connectivity index is 2.10. The van der Waals surface area contributed by atoms with Crippen molar-refractivity contribution in [3.05, 3.63) is 68.8 Å². The molecule has 110 valence electrons. The van der Waals surface area contributed by atoms with Gasteiger partial charge in [-0.15, -0.1) is 0 Å². The van der Waals surface area contributed by atoms with E-state index in [2.05, 4.69) is 10.3 Å². The van der Waals surface area contributed by atoms with Gasteiger partial charge in [0.25, 0.3) is 5.69 Å². The van der Waals surface area contributed by atoms with E-state index in [1.165, 1.54) is 12.3 Å².